The van der Waals surface area contributed by atoms with Crippen LogP contribution in [-0.4, -0.2) is 19.6 Å². The normalized spacial score (nSPS) is 11.2. The molecule has 0 unspecified atom stereocenters. The lowest BCUT2D eigenvalue weighted by atomic mass is 10.0. The van der Waals surface area contributed by atoms with E-state index in [2.05, 4.69) is 0 Å². The Morgan fingerprint density at radius 3 is 2.16 bits per heavy atom. The lowest BCUT2D eigenvalue weighted by molar-refractivity contribution is -0.387. The standard InChI is InChI=1S/C13H11NO4S/c1-19(17,18)12-9-5-8-11(13(12)14(15)16)10-6-3-2-4-7-10/h2-9H,1H3. The van der Waals surface area contributed by atoms with Gasteiger partial charge in [0.1, 0.15) is 4.90 Å². The van der Waals surface area contributed by atoms with E-state index in [0.717, 1.165) is 6.26 Å². The first kappa shape index (κ1) is 13.2. The number of nitrogens with zero attached hydrogens (tertiary/aromatic N) is 1. The minimum Gasteiger partial charge on any atom is -0.258 e. The first-order valence-corrected chi connectivity index (χ1v) is 7.33. The van der Waals surface area contributed by atoms with Crippen molar-refractivity contribution in [2.75, 3.05) is 6.26 Å². The van der Waals surface area contributed by atoms with E-state index in [1.807, 2.05) is 0 Å². The molecule has 0 N–H and O–H groups in total. The summed E-state index contributed by atoms with van der Waals surface area (Å²) in [5.41, 5.74) is 0.532. The molecule has 6 heteroatoms. The van der Waals surface area contributed by atoms with Gasteiger partial charge in [0.15, 0.2) is 9.84 Å². The van der Waals surface area contributed by atoms with Crippen LogP contribution in [0.5, 0.6) is 0 Å². The lowest BCUT2D eigenvalue weighted by Crippen LogP contribution is -2.04. The molecule has 0 amide bonds. The molecule has 2 rings (SSSR count). The number of para-hydroxylation sites is 1. The smallest absolute Gasteiger partial charge is 0.258 e. The SMILES string of the molecule is CS(=O)(=O)c1cccc(-c2ccccc2)c1[N+](=O)[O-]. The van der Waals surface area contributed by atoms with Gasteiger partial charge in [0.2, 0.25) is 0 Å². The molecule has 0 aliphatic rings. The van der Waals surface area contributed by atoms with Crippen LogP contribution in [0, 0.1) is 10.1 Å². The third-order valence-electron chi connectivity index (χ3n) is 2.67. The zero-order valence-corrected chi connectivity index (χ0v) is 10.9. The first-order chi connectivity index (χ1) is 8.91. The largest absolute Gasteiger partial charge is 0.295 e. The molecule has 98 valence electrons. The van der Waals surface area contributed by atoms with Crippen molar-refractivity contribution < 1.29 is 13.3 Å². The Morgan fingerprint density at radius 1 is 1.00 bits per heavy atom. The van der Waals surface area contributed by atoms with Crippen LogP contribution in [0.1, 0.15) is 0 Å². The molecular weight excluding hydrogens is 266 g/mol. The van der Waals surface area contributed by atoms with Crippen LogP contribution >= 0.6 is 0 Å². The number of hydrogen-bond acceptors (Lipinski definition) is 4. The highest BCUT2D eigenvalue weighted by atomic mass is 32.2. The maximum absolute atomic E-state index is 11.6. The maximum atomic E-state index is 11.6. The molecule has 0 aromatic heterocycles. The van der Waals surface area contributed by atoms with Gasteiger partial charge in [-0.25, -0.2) is 8.42 Å². The average molecular weight is 277 g/mol. The summed E-state index contributed by atoms with van der Waals surface area (Å²) in [5.74, 6) is 0. The van der Waals surface area contributed by atoms with Gasteiger partial charge in [0.25, 0.3) is 5.69 Å². The van der Waals surface area contributed by atoms with Gasteiger partial charge in [-0.1, -0.05) is 36.4 Å². The van der Waals surface area contributed by atoms with E-state index in [4.69, 9.17) is 0 Å². The van der Waals surface area contributed by atoms with Gasteiger partial charge in [-0.15, -0.1) is 0 Å². The predicted octanol–water partition coefficient (Wildman–Crippen LogP) is 2.67. The molecule has 0 bridgehead atoms. The van der Waals surface area contributed by atoms with Gasteiger partial charge in [0.05, 0.1) is 10.5 Å². The summed E-state index contributed by atoms with van der Waals surface area (Å²) in [6, 6.07) is 13.0. The Kier molecular flexibility index (Phi) is 3.35. The van der Waals surface area contributed by atoms with Gasteiger partial charge >= 0.3 is 0 Å². The predicted molar refractivity (Wildman–Crippen MR) is 71.6 cm³/mol. The van der Waals surface area contributed by atoms with Crippen LogP contribution in [0.2, 0.25) is 0 Å². The van der Waals surface area contributed by atoms with Gasteiger partial charge < -0.3 is 0 Å². The van der Waals surface area contributed by atoms with Crippen molar-refractivity contribution in [3.63, 3.8) is 0 Å². The zero-order chi connectivity index (χ0) is 14.0. The van der Waals surface area contributed by atoms with Crippen LogP contribution in [0.3, 0.4) is 0 Å². The number of nitro benzene ring substituents is 1. The van der Waals surface area contributed by atoms with E-state index in [1.165, 1.54) is 12.1 Å². The van der Waals surface area contributed by atoms with E-state index >= 15 is 0 Å². The molecule has 0 fully saturated rings. The van der Waals surface area contributed by atoms with Crippen molar-refractivity contribution in [1.29, 1.82) is 0 Å². The molecular formula is C13H11NO4S. The third-order valence-corrected chi connectivity index (χ3v) is 3.79. The van der Waals surface area contributed by atoms with E-state index in [1.54, 1.807) is 36.4 Å². The molecule has 2 aromatic rings. The van der Waals surface area contributed by atoms with E-state index < -0.39 is 14.8 Å². The molecule has 0 saturated carbocycles. The second-order valence-electron chi connectivity index (χ2n) is 4.05. The Bertz CT molecular complexity index is 724. The molecule has 0 heterocycles. The summed E-state index contributed by atoms with van der Waals surface area (Å²) in [7, 11) is -3.65. The Morgan fingerprint density at radius 2 is 1.63 bits per heavy atom. The summed E-state index contributed by atoms with van der Waals surface area (Å²) >= 11 is 0. The van der Waals surface area contributed by atoms with Gasteiger partial charge in [-0.05, 0) is 17.7 Å². The first-order valence-electron chi connectivity index (χ1n) is 5.44. The van der Waals surface area contributed by atoms with Crippen molar-refractivity contribution in [2.24, 2.45) is 0 Å². The molecule has 0 saturated heterocycles. The van der Waals surface area contributed by atoms with Crippen molar-refractivity contribution in [3.05, 3.63) is 58.6 Å². The number of rotatable bonds is 3. The molecule has 0 aliphatic heterocycles. The molecule has 0 aliphatic carbocycles. The molecule has 5 nitrogen and oxygen atoms in total. The molecule has 0 radical (unpaired) electrons. The van der Waals surface area contributed by atoms with Gasteiger partial charge in [0, 0.05) is 6.26 Å². The Labute approximate surface area is 110 Å². The highest BCUT2D eigenvalue weighted by Crippen LogP contribution is 2.35. The zero-order valence-electron chi connectivity index (χ0n) is 10.1. The topological polar surface area (TPSA) is 77.3 Å². The minimum atomic E-state index is -3.65. The van der Waals surface area contributed by atoms with E-state index in [0.29, 0.717) is 11.1 Å². The summed E-state index contributed by atoms with van der Waals surface area (Å²) in [6.07, 6.45) is 0.962. The summed E-state index contributed by atoms with van der Waals surface area (Å²) in [6.45, 7) is 0. The lowest BCUT2D eigenvalue weighted by Gasteiger charge is -2.06. The van der Waals surface area contributed by atoms with E-state index in [-0.39, 0.29) is 10.6 Å². The van der Waals surface area contributed by atoms with Crippen LogP contribution in [0.4, 0.5) is 5.69 Å². The van der Waals surface area contributed by atoms with Crippen LogP contribution in [-0.2, 0) is 9.84 Å². The van der Waals surface area contributed by atoms with Gasteiger partial charge in [-0.3, -0.25) is 10.1 Å². The van der Waals surface area contributed by atoms with Crippen LogP contribution < -0.4 is 0 Å². The molecule has 0 spiro atoms. The maximum Gasteiger partial charge on any atom is 0.295 e. The quantitative estimate of drug-likeness (QED) is 0.638. The summed E-state index contributed by atoms with van der Waals surface area (Å²) < 4.78 is 23.3. The highest BCUT2D eigenvalue weighted by molar-refractivity contribution is 7.90. The number of nitro groups is 1. The fourth-order valence-electron chi connectivity index (χ4n) is 1.86. The van der Waals surface area contributed by atoms with E-state index in [9.17, 15) is 18.5 Å². The van der Waals surface area contributed by atoms with Crippen molar-refractivity contribution in [3.8, 4) is 11.1 Å². The van der Waals surface area contributed by atoms with Crippen molar-refractivity contribution in [2.45, 2.75) is 4.90 Å². The fraction of sp³-hybridized carbons (Fsp3) is 0.0769. The van der Waals surface area contributed by atoms with Crippen molar-refractivity contribution in [1.82, 2.24) is 0 Å². The fourth-order valence-corrected chi connectivity index (χ4v) is 2.72. The van der Waals surface area contributed by atoms with Crippen LogP contribution in [0.15, 0.2) is 53.4 Å². The molecule has 19 heavy (non-hydrogen) atoms. The number of benzene rings is 2. The minimum absolute atomic E-state index is 0.265. The van der Waals surface area contributed by atoms with Gasteiger partial charge in [-0.2, -0.15) is 0 Å². The summed E-state index contributed by atoms with van der Waals surface area (Å²) in [4.78, 5) is 10.3. The molecule has 0 atom stereocenters. The Hall–Kier alpha value is -2.21. The Balaban J connectivity index is 2.80. The van der Waals surface area contributed by atoms with Crippen LogP contribution in [0.25, 0.3) is 11.1 Å². The number of sulfone groups is 1. The number of hydrogen-bond donors (Lipinski definition) is 0. The average Bonchev–Trinajstić information content (AvgIpc) is 2.37. The monoisotopic (exact) mass is 277 g/mol. The second kappa shape index (κ2) is 4.81. The summed E-state index contributed by atoms with van der Waals surface area (Å²) in [5, 5.41) is 11.2. The second-order valence-corrected chi connectivity index (χ2v) is 6.03. The third kappa shape index (κ3) is 2.63. The highest BCUT2D eigenvalue weighted by Gasteiger charge is 2.26. The molecule has 2 aromatic carbocycles. The van der Waals surface area contributed by atoms with Crippen molar-refractivity contribution >= 4 is 15.5 Å².